The third-order valence-electron chi connectivity index (χ3n) is 4.92. The van der Waals surface area contributed by atoms with E-state index in [2.05, 4.69) is 84.1 Å². The number of pyridine rings is 1. The number of esters is 1. The van der Waals surface area contributed by atoms with Gasteiger partial charge >= 0.3 is 5.97 Å². The van der Waals surface area contributed by atoms with Gasteiger partial charge in [0.1, 0.15) is 6.10 Å². The van der Waals surface area contributed by atoms with Crippen molar-refractivity contribution in [1.29, 1.82) is 0 Å². The first kappa shape index (κ1) is 30.6. The van der Waals surface area contributed by atoms with Crippen LogP contribution in [0.25, 0.3) is 0 Å². The molecule has 194 valence electrons. The molecule has 0 aliphatic carbocycles. The number of aromatic nitrogens is 1. The first-order valence-electron chi connectivity index (χ1n) is 12.9. The summed E-state index contributed by atoms with van der Waals surface area (Å²) in [5, 5.41) is 2.74. The number of nitrogens with one attached hydrogen (secondary N) is 1. The van der Waals surface area contributed by atoms with E-state index in [4.69, 9.17) is 4.74 Å². The van der Waals surface area contributed by atoms with Gasteiger partial charge in [-0.05, 0) is 64.0 Å². The van der Waals surface area contributed by atoms with Crippen molar-refractivity contribution >= 4 is 11.9 Å². The van der Waals surface area contributed by atoms with E-state index in [0.29, 0.717) is 18.4 Å². The number of nitrogens with zero attached hydrogens (tertiary/aromatic N) is 1. The zero-order valence-electron chi connectivity index (χ0n) is 21.9. The van der Waals surface area contributed by atoms with E-state index in [1.54, 1.807) is 25.3 Å². The third kappa shape index (κ3) is 17.9. The van der Waals surface area contributed by atoms with Crippen molar-refractivity contribution in [3.05, 3.63) is 103 Å². The number of rotatable bonds is 18. The molecule has 0 saturated carbocycles. The van der Waals surface area contributed by atoms with Gasteiger partial charge in [-0.2, -0.15) is 0 Å². The fourth-order valence-corrected chi connectivity index (χ4v) is 3.00. The summed E-state index contributed by atoms with van der Waals surface area (Å²) in [6.45, 7) is 4.17. The Morgan fingerprint density at radius 3 is 1.89 bits per heavy atom. The van der Waals surface area contributed by atoms with E-state index in [-0.39, 0.29) is 24.5 Å². The van der Waals surface area contributed by atoms with Gasteiger partial charge < -0.3 is 10.1 Å². The predicted octanol–water partition coefficient (Wildman–Crippen LogP) is 7.22. The second-order valence-electron chi connectivity index (χ2n) is 8.21. The van der Waals surface area contributed by atoms with Crippen molar-refractivity contribution in [2.75, 3.05) is 6.54 Å². The zero-order chi connectivity index (χ0) is 26.1. The topological polar surface area (TPSA) is 68.3 Å². The number of hydrogen-bond donors (Lipinski definition) is 1. The Labute approximate surface area is 217 Å². The van der Waals surface area contributed by atoms with E-state index in [9.17, 15) is 9.59 Å². The summed E-state index contributed by atoms with van der Waals surface area (Å²) in [6, 6.07) is 3.39. The molecule has 1 unspecified atom stereocenters. The third-order valence-corrected chi connectivity index (χ3v) is 4.92. The first-order chi connectivity index (χ1) is 17.6. The summed E-state index contributed by atoms with van der Waals surface area (Å²) < 4.78 is 5.34. The van der Waals surface area contributed by atoms with Gasteiger partial charge in [-0.15, -0.1) is 0 Å². The fraction of sp³-hybridized carbons (Fsp3) is 0.387. The van der Waals surface area contributed by atoms with Crippen LogP contribution in [-0.2, 0) is 9.53 Å². The molecule has 5 nitrogen and oxygen atoms in total. The SMILES string of the molecule is CC/C=C\C/C=C\C/C=C\C/C=C\C/C=C\C/C=C\CCC(=O)OC(C)CNC(=O)c1cccnc1. The molecule has 1 aromatic rings. The van der Waals surface area contributed by atoms with Crippen LogP contribution in [0.1, 0.15) is 75.6 Å². The van der Waals surface area contributed by atoms with Gasteiger partial charge in [0.15, 0.2) is 0 Å². The molecule has 0 radical (unpaired) electrons. The predicted molar refractivity (Wildman–Crippen MR) is 150 cm³/mol. The Balaban J connectivity index is 2.02. The minimum atomic E-state index is -0.386. The highest BCUT2D eigenvalue weighted by molar-refractivity contribution is 5.93. The molecule has 1 rings (SSSR count). The van der Waals surface area contributed by atoms with Gasteiger partial charge in [0.05, 0.1) is 12.1 Å². The molecule has 0 fully saturated rings. The van der Waals surface area contributed by atoms with Crippen molar-refractivity contribution in [2.45, 2.75) is 71.3 Å². The molecule has 5 heteroatoms. The number of ether oxygens (including phenoxy) is 1. The van der Waals surface area contributed by atoms with Gasteiger partial charge in [0.25, 0.3) is 5.91 Å². The van der Waals surface area contributed by atoms with Crippen LogP contribution in [-0.4, -0.2) is 29.5 Å². The Bertz CT molecular complexity index is 896. The monoisotopic (exact) mass is 490 g/mol. The van der Waals surface area contributed by atoms with Crippen molar-refractivity contribution in [1.82, 2.24) is 10.3 Å². The van der Waals surface area contributed by atoms with Crippen molar-refractivity contribution in [3.8, 4) is 0 Å². The number of carbonyl (C=O) groups excluding carboxylic acids is 2. The molecule has 36 heavy (non-hydrogen) atoms. The molecule has 0 saturated heterocycles. The second kappa shape index (κ2) is 22.0. The van der Waals surface area contributed by atoms with Gasteiger partial charge in [-0.3, -0.25) is 14.6 Å². The largest absolute Gasteiger partial charge is 0.461 e. The number of hydrogen-bond acceptors (Lipinski definition) is 4. The van der Waals surface area contributed by atoms with E-state index in [1.165, 1.54) is 6.20 Å². The maximum absolute atomic E-state index is 12.0. The summed E-state index contributed by atoms with van der Waals surface area (Å²) in [7, 11) is 0. The standard InChI is InChI=1S/C31H42N2O3/c1-3-4-5-6-7-8-9-10-11-12-13-14-15-16-17-18-19-20-21-24-30(34)36-28(2)26-33-31(35)29-23-22-25-32-27-29/h4-5,7-8,10-11,13-14,16-17,19-20,22-23,25,27-28H,3,6,9,12,15,18,21,24,26H2,1-2H3,(H,33,35)/b5-4-,8-7-,11-10-,14-13-,17-16-,20-19-. The summed E-state index contributed by atoms with van der Waals surface area (Å²) in [5.41, 5.74) is 0.480. The van der Waals surface area contributed by atoms with Crippen LogP contribution in [0.2, 0.25) is 0 Å². The number of amides is 1. The molecule has 0 aromatic carbocycles. The molecule has 0 spiro atoms. The zero-order valence-corrected chi connectivity index (χ0v) is 21.9. The molecular formula is C31H42N2O3. The van der Waals surface area contributed by atoms with Crippen molar-refractivity contribution in [3.63, 3.8) is 0 Å². The molecule has 0 aliphatic heterocycles. The molecule has 1 heterocycles. The average Bonchev–Trinajstić information content (AvgIpc) is 2.89. The Kier molecular flexibility index (Phi) is 18.7. The summed E-state index contributed by atoms with van der Waals surface area (Å²) in [4.78, 5) is 27.8. The molecule has 1 amide bonds. The van der Waals surface area contributed by atoms with Crippen molar-refractivity contribution < 1.29 is 14.3 Å². The number of allylic oxidation sites excluding steroid dienone is 12. The summed E-state index contributed by atoms with van der Waals surface area (Å²) in [5.74, 6) is -0.498. The highest BCUT2D eigenvalue weighted by atomic mass is 16.5. The lowest BCUT2D eigenvalue weighted by Gasteiger charge is -2.13. The van der Waals surface area contributed by atoms with Crippen LogP contribution in [0.5, 0.6) is 0 Å². The van der Waals surface area contributed by atoms with Crippen LogP contribution in [0.15, 0.2) is 97.4 Å². The maximum Gasteiger partial charge on any atom is 0.306 e. The normalized spacial score (nSPS) is 13.2. The Hall–Kier alpha value is -3.47. The summed E-state index contributed by atoms with van der Waals surface area (Å²) >= 11 is 0. The van der Waals surface area contributed by atoms with Gasteiger partial charge in [0, 0.05) is 18.8 Å². The molecule has 1 atom stereocenters. The highest BCUT2D eigenvalue weighted by Gasteiger charge is 2.11. The van der Waals surface area contributed by atoms with Crippen molar-refractivity contribution in [2.24, 2.45) is 0 Å². The van der Waals surface area contributed by atoms with Crippen LogP contribution >= 0.6 is 0 Å². The molecule has 1 aromatic heterocycles. The quantitative estimate of drug-likeness (QED) is 0.174. The number of carbonyl (C=O) groups is 2. The lowest BCUT2D eigenvalue weighted by atomic mass is 10.2. The molecule has 1 N–H and O–H groups in total. The summed E-state index contributed by atoms with van der Waals surface area (Å²) in [6.07, 6.45) is 35.4. The van der Waals surface area contributed by atoms with Gasteiger partial charge in [-0.25, -0.2) is 0 Å². The lowest BCUT2D eigenvalue weighted by Crippen LogP contribution is -2.33. The molecule has 0 aliphatic rings. The maximum atomic E-state index is 12.0. The van der Waals surface area contributed by atoms with Gasteiger partial charge in [0.2, 0.25) is 0 Å². The van der Waals surface area contributed by atoms with Crippen LogP contribution in [0.4, 0.5) is 0 Å². The minimum Gasteiger partial charge on any atom is -0.461 e. The van der Waals surface area contributed by atoms with E-state index >= 15 is 0 Å². The average molecular weight is 491 g/mol. The molecular weight excluding hydrogens is 448 g/mol. The highest BCUT2D eigenvalue weighted by Crippen LogP contribution is 2.01. The van der Waals surface area contributed by atoms with Crippen LogP contribution in [0.3, 0.4) is 0 Å². The fourth-order valence-electron chi connectivity index (χ4n) is 3.00. The minimum absolute atomic E-state index is 0.232. The Morgan fingerprint density at radius 1 is 0.861 bits per heavy atom. The smallest absolute Gasteiger partial charge is 0.306 e. The van der Waals surface area contributed by atoms with E-state index in [1.807, 2.05) is 6.08 Å². The van der Waals surface area contributed by atoms with E-state index in [0.717, 1.165) is 38.5 Å². The Morgan fingerprint density at radius 2 is 1.39 bits per heavy atom. The van der Waals surface area contributed by atoms with Crippen LogP contribution < -0.4 is 5.32 Å². The van der Waals surface area contributed by atoms with Gasteiger partial charge in [-0.1, -0.05) is 79.8 Å². The second-order valence-corrected chi connectivity index (χ2v) is 8.21. The van der Waals surface area contributed by atoms with Crippen LogP contribution in [0, 0.1) is 0 Å². The molecule has 0 bridgehead atoms. The first-order valence-corrected chi connectivity index (χ1v) is 12.9. The lowest BCUT2D eigenvalue weighted by molar-refractivity contribution is -0.147. The van der Waals surface area contributed by atoms with E-state index < -0.39 is 0 Å².